The van der Waals surface area contributed by atoms with Gasteiger partial charge in [0.15, 0.2) is 11.6 Å². The lowest BCUT2D eigenvalue weighted by Crippen LogP contribution is -2.14. The third-order valence-electron chi connectivity index (χ3n) is 3.43. The molecule has 0 fully saturated rings. The topological polar surface area (TPSA) is 108 Å². The molecule has 3 N–H and O–H groups in total. The zero-order valence-corrected chi connectivity index (χ0v) is 15.4. The van der Waals surface area contributed by atoms with E-state index in [9.17, 15) is 13.6 Å². The van der Waals surface area contributed by atoms with Crippen molar-refractivity contribution in [1.29, 1.82) is 0 Å². The number of pyridine rings is 1. The Labute approximate surface area is 162 Å². The lowest BCUT2D eigenvalue weighted by atomic mass is 10.2. The molecule has 3 aromatic rings. The van der Waals surface area contributed by atoms with Gasteiger partial charge in [-0.25, -0.2) is 19.3 Å². The van der Waals surface area contributed by atoms with Gasteiger partial charge in [0.1, 0.15) is 0 Å². The summed E-state index contributed by atoms with van der Waals surface area (Å²) in [7, 11) is 0. The molecule has 0 saturated heterocycles. The van der Waals surface area contributed by atoms with Gasteiger partial charge in [0, 0.05) is 29.7 Å². The Hall–Kier alpha value is -3.34. The van der Waals surface area contributed by atoms with E-state index in [1.165, 1.54) is 6.07 Å². The summed E-state index contributed by atoms with van der Waals surface area (Å²) in [6.07, 6.45) is 3.34. The van der Waals surface area contributed by atoms with Gasteiger partial charge in [0.2, 0.25) is 17.0 Å². The van der Waals surface area contributed by atoms with E-state index in [0.717, 1.165) is 35.2 Å². The summed E-state index contributed by atoms with van der Waals surface area (Å²) in [6, 6.07) is 6.79. The third-order valence-corrected chi connectivity index (χ3v) is 4.28. The fourth-order valence-corrected chi connectivity index (χ4v) is 2.65. The zero-order chi connectivity index (χ0) is 19.9. The second-order valence-corrected chi connectivity index (χ2v) is 6.42. The number of halogens is 2. The first kappa shape index (κ1) is 19.4. The minimum Gasteiger partial charge on any atom is -0.325 e. The highest BCUT2D eigenvalue weighted by Gasteiger charge is 2.09. The Balaban J connectivity index is 1.50. The number of carbonyl (C=O) groups is 1. The first-order chi connectivity index (χ1) is 13.5. The Morgan fingerprint density at radius 1 is 1.21 bits per heavy atom. The number of amides is 1. The largest absolute Gasteiger partial charge is 0.325 e. The van der Waals surface area contributed by atoms with Gasteiger partial charge in [-0.2, -0.15) is 10.1 Å². The van der Waals surface area contributed by atoms with Crippen LogP contribution in [-0.2, 0) is 4.79 Å². The molecule has 11 heteroatoms. The summed E-state index contributed by atoms with van der Waals surface area (Å²) in [6.45, 7) is 1.83. The van der Waals surface area contributed by atoms with E-state index in [1.54, 1.807) is 12.4 Å². The molecule has 2 heterocycles. The Morgan fingerprint density at radius 2 is 2.00 bits per heavy atom. The van der Waals surface area contributed by atoms with E-state index < -0.39 is 17.5 Å². The zero-order valence-electron chi connectivity index (χ0n) is 14.6. The number of hydrazone groups is 1. The number of hydrogen-bond donors (Lipinski definition) is 3. The summed E-state index contributed by atoms with van der Waals surface area (Å²) in [5.41, 5.74) is 4.56. The highest BCUT2D eigenvalue weighted by atomic mass is 32.2. The Morgan fingerprint density at radius 3 is 2.75 bits per heavy atom. The molecular weight excluding hydrogens is 388 g/mol. The van der Waals surface area contributed by atoms with Crippen molar-refractivity contribution < 1.29 is 13.6 Å². The highest BCUT2D eigenvalue weighted by molar-refractivity contribution is 7.99. The molecule has 0 aliphatic heterocycles. The van der Waals surface area contributed by atoms with Gasteiger partial charge in [-0.1, -0.05) is 11.8 Å². The molecule has 0 saturated carbocycles. The van der Waals surface area contributed by atoms with Gasteiger partial charge < -0.3 is 5.32 Å². The predicted molar refractivity (Wildman–Crippen MR) is 102 cm³/mol. The molecule has 0 spiro atoms. The van der Waals surface area contributed by atoms with Crippen LogP contribution in [0.2, 0.25) is 0 Å². The molecule has 8 nitrogen and oxygen atoms in total. The molecule has 2 aromatic heterocycles. The Bertz CT molecular complexity index is 994. The molecular formula is C17H15F2N7OS. The number of hydrogen-bond acceptors (Lipinski definition) is 7. The molecule has 1 aromatic carbocycles. The number of H-pyrrole nitrogens is 1. The normalized spacial score (nSPS) is 11.3. The van der Waals surface area contributed by atoms with Crippen molar-refractivity contribution in [2.75, 3.05) is 16.5 Å². The fourth-order valence-electron chi connectivity index (χ4n) is 2.06. The fraction of sp³-hybridized carbons (Fsp3) is 0.118. The number of thioether (sulfide) groups is 1. The SMILES string of the molecule is C/C(=N\Nc1nc(SCC(=O)Nc2ccc(F)c(F)c2)n[nH]1)c1ccncc1. The maximum atomic E-state index is 13.1. The minimum absolute atomic E-state index is 0.00437. The predicted octanol–water partition coefficient (Wildman–Crippen LogP) is 3.04. The first-order valence-corrected chi connectivity index (χ1v) is 9.00. The average Bonchev–Trinajstić information content (AvgIpc) is 3.16. The Kier molecular flexibility index (Phi) is 6.27. The molecule has 28 heavy (non-hydrogen) atoms. The number of aromatic amines is 1. The van der Waals surface area contributed by atoms with E-state index in [4.69, 9.17) is 0 Å². The van der Waals surface area contributed by atoms with E-state index in [0.29, 0.717) is 11.1 Å². The van der Waals surface area contributed by atoms with Gasteiger partial charge in [0.25, 0.3) is 0 Å². The minimum atomic E-state index is -1.03. The summed E-state index contributed by atoms with van der Waals surface area (Å²) >= 11 is 1.08. The van der Waals surface area contributed by atoms with Crippen molar-refractivity contribution in [3.8, 4) is 0 Å². The van der Waals surface area contributed by atoms with Crippen LogP contribution in [0.1, 0.15) is 12.5 Å². The van der Waals surface area contributed by atoms with Crippen LogP contribution in [0.5, 0.6) is 0 Å². The van der Waals surface area contributed by atoms with Crippen LogP contribution < -0.4 is 10.7 Å². The van der Waals surface area contributed by atoms with Crippen LogP contribution in [0.15, 0.2) is 53.0 Å². The van der Waals surface area contributed by atoms with Gasteiger partial charge in [-0.3, -0.25) is 9.78 Å². The summed E-state index contributed by atoms with van der Waals surface area (Å²) in [5.74, 6) is -2.10. The molecule has 0 bridgehead atoms. The first-order valence-electron chi connectivity index (χ1n) is 8.02. The van der Waals surface area contributed by atoms with Crippen molar-refractivity contribution in [3.05, 3.63) is 59.9 Å². The monoisotopic (exact) mass is 403 g/mol. The van der Waals surface area contributed by atoms with E-state index >= 15 is 0 Å². The highest BCUT2D eigenvalue weighted by Crippen LogP contribution is 2.16. The van der Waals surface area contributed by atoms with Crippen molar-refractivity contribution in [1.82, 2.24) is 20.2 Å². The van der Waals surface area contributed by atoms with Crippen molar-refractivity contribution >= 4 is 35.0 Å². The third kappa shape index (κ3) is 5.33. The van der Waals surface area contributed by atoms with E-state index in [1.807, 2.05) is 19.1 Å². The van der Waals surface area contributed by atoms with E-state index in [2.05, 4.69) is 36.0 Å². The molecule has 0 radical (unpaired) electrons. The van der Waals surface area contributed by atoms with Crippen LogP contribution >= 0.6 is 11.8 Å². The molecule has 0 atom stereocenters. The number of aromatic nitrogens is 4. The summed E-state index contributed by atoms with van der Waals surface area (Å²) in [5, 5.41) is 13.6. The van der Waals surface area contributed by atoms with Gasteiger partial charge in [-0.05, 0) is 31.2 Å². The number of nitrogens with one attached hydrogen (secondary N) is 3. The second kappa shape index (κ2) is 9.04. The van der Waals surface area contributed by atoms with Gasteiger partial charge >= 0.3 is 0 Å². The molecule has 0 aliphatic carbocycles. The lowest BCUT2D eigenvalue weighted by molar-refractivity contribution is -0.113. The molecule has 1 amide bonds. The summed E-state index contributed by atoms with van der Waals surface area (Å²) in [4.78, 5) is 20.0. The number of anilines is 2. The van der Waals surface area contributed by atoms with Gasteiger partial charge in [0.05, 0.1) is 11.5 Å². The maximum Gasteiger partial charge on any atom is 0.240 e. The molecule has 0 aliphatic rings. The number of carbonyl (C=O) groups excluding carboxylic acids is 1. The van der Waals surface area contributed by atoms with Gasteiger partial charge in [-0.15, -0.1) is 5.10 Å². The van der Waals surface area contributed by atoms with E-state index in [-0.39, 0.29) is 11.4 Å². The molecule has 0 unspecified atom stereocenters. The van der Waals surface area contributed by atoms with Crippen molar-refractivity contribution in [3.63, 3.8) is 0 Å². The molecule has 3 rings (SSSR count). The lowest BCUT2D eigenvalue weighted by Gasteiger charge is -2.04. The number of rotatable bonds is 7. The van der Waals surface area contributed by atoms with Crippen molar-refractivity contribution in [2.45, 2.75) is 12.1 Å². The maximum absolute atomic E-state index is 13.1. The smallest absolute Gasteiger partial charge is 0.240 e. The number of benzene rings is 1. The quantitative estimate of drug-likeness (QED) is 0.318. The number of nitrogens with zero attached hydrogens (tertiary/aromatic N) is 4. The standard InChI is InChI=1S/C17H15F2N7OS/c1-10(11-4-6-20-7-5-11)23-24-16-22-17(26-25-16)28-9-15(27)21-12-2-3-13(18)14(19)8-12/h2-8H,9H2,1H3,(H,21,27)(H2,22,24,25,26)/b23-10+. The molecule has 144 valence electrons. The van der Waals surface area contributed by atoms with Crippen LogP contribution in [0.3, 0.4) is 0 Å². The van der Waals surface area contributed by atoms with Crippen LogP contribution in [-0.4, -0.2) is 37.5 Å². The van der Waals surface area contributed by atoms with Crippen LogP contribution in [0.4, 0.5) is 20.4 Å². The summed E-state index contributed by atoms with van der Waals surface area (Å²) < 4.78 is 26.0. The average molecular weight is 403 g/mol. The van der Waals surface area contributed by atoms with Crippen LogP contribution in [0.25, 0.3) is 0 Å². The van der Waals surface area contributed by atoms with Crippen molar-refractivity contribution in [2.24, 2.45) is 5.10 Å². The second-order valence-electron chi connectivity index (χ2n) is 5.48. The van der Waals surface area contributed by atoms with Crippen LogP contribution in [0, 0.1) is 11.6 Å².